The Labute approximate surface area is 307 Å². The zero-order valence-electron chi connectivity index (χ0n) is 29.7. The molecule has 7 aromatic rings. The molecule has 0 saturated heterocycles. The summed E-state index contributed by atoms with van der Waals surface area (Å²) in [6.07, 6.45) is 5.86. The second-order valence-corrected chi connectivity index (χ2v) is 17.5. The summed E-state index contributed by atoms with van der Waals surface area (Å²) in [4.78, 5) is 15.2. The molecule has 0 spiro atoms. The Morgan fingerprint density at radius 3 is 1.60 bits per heavy atom. The highest BCUT2D eigenvalue weighted by Crippen LogP contribution is 2.46. The van der Waals surface area contributed by atoms with Crippen molar-refractivity contribution in [3.63, 3.8) is 0 Å². The van der Waals surface area contributed by atoms with E-state index in [9.17, 15) is 4.57 Å². The van der Waals surface area contributed by atoms with Crippen molar-refractivity contribution in [2.75, 3.05) is 13.3 Å². The molecule has 5 heteroatoms. The molecule has 0 radical (unpaired) electrons. The van der Waals surface area contributed by atoms with Crippen molar-refractivity contribution in [3.05, 3.63) is 169 Å². The Bertz CT molecular complexity index is 2360. The second-order valence-electron chi connectivity index (χ2n) is 14.3. The van der Waals surface area contributed by atoms with Gasteiger partial charge in [-0.2, -0.15) is 0 Å². The Balaban J connectivity index is 1.19. The third kappa shape index (κ3) is 6.79. The fourth-order valence-electron chi connectivity index (χ4n) is 7.74. The molecule has 0 unspecified atom stereocenters. The Kier molecular flexibility index (Phi) is 9.26. The first-order valence-electron chi connectivity index (χ1n) is 18.2. The maximum atomic E-state index is 12.7. The predicted octanol–water partition coefficient (Wildman–Crippen LogP) is 11.7. The SMILES string of the molecule is CP(C)(=O)c1ccc(-c2cccc(C3(c4ccc(-c5nc(-c6ccccc6)nc(-c6ccccc6-c6ccccc6)n5)cc4)CCCCC3)c2)cc1. The molecule has 52 heavy (non-hydrogen) atoms. The maximum absolute atomic E-state index is 12.7. The van der Waals surface area contributed by atoms with Crippen LogP contribution in [-0.2, 0) is 9.98 Å². The number of hydrogen-bond acceptors (Lipinski definition) is 4. The van der Waals surface area contributed by atoms with Crippen LogP contribution >= 0.6 is 7.14 Å². The third-order valence-corrected chi connectivity index (χ3v) is 12.1. The van der Waals surface area contributed by atoms with E-state index >= 15 is 0 Å². The molecule has 0 aliphatic heterocycles. The Morgan fingerprint density at radius 2 is 0.962 bits per heavy atom. The summed E-state index contributed by atoms with van der Waals surface area (Å²) < 4.78 is 12.7. The van der Waals surface area contributed by atoms with Crippen LogP contribution in [0.15, 0.2) is 158 Å². The van der Waals surface area contributed by atoms with E-state index in [1.54, 1.807) is 0 Å². The molecule has 6 aromatic carbocycles. The molecular formula is C47H42N3OP. The molecule has 1 aromatic heterocycles. The van der Waals surface area contributed by atoms with Crippen molar-refractivity contribution in [2.45, 2.75) is 37.5 Å². The van der Waals surface area contributed by atoms with E-state index in [0.717, 1.165) is 51.5 Å². The van der Waals surface area contributed by atoms with E-state index in [4.69, 9.17) is 15.0 Å². The average Bonchev–Trinajstić information content (AvgIpc) is 3.21. The lowest BCUT2D eigenvalue weighted by Gasteiger charge is -2.39. The maximum Gasteiger partial charge on any atom is 0.164 e. The number of benzene rings is 6. The molecule has 1 aliphatic rings. The number of nitrogens with zero attached hydrogens (tertiary/aromatic N) is 3. The third-order valence-electron chi connectivity index (χ3n) is 10.6. The average molecular weight is 696 g/mol. The number of hydrogen-bond donors (Lipinski definition) is 0. The van der Waals surface area contributed by atoms with Crippen LogP contribution in [0.2, 0.25) is 0 Å². The molecule has 1 aliphatic carbocycles. The van der Waals surface area contributed by atoms with Gasteiger partial charge in [-0.15, -0.1) is 0 Å². The van der Waals surface area contributed by atoms with E-state index in [2.05, 4.69) is 115 Å². The minimum Gasteiger partial charge on any atom is -0.319 e. The Morgan fingerprint density at radius 1 is 0.442 bits per heavy atom. The van der Waals surface area contributed by atoms with Gasteiger partial charge in [-0.05, 0) is 59.6 Å². The molecule has 0 N–H and O–H groups in total. The highest BCUT2D eigenvalue weighted by molar-refractivity contribution is 7.70. The van der Waals surface area contributed by atoms with Crippen molar-refractivity contribution in [2.24, 2.45) is 0 Å². The van der Waals surface area contributed by atoms with Gasteiger partial charge in [-0.25, -0.2) is 15.0 Å². The molecule has 256 valence electrons. The van der Waals surface area contributed by atoms with Crippen molar-refractivity contribution < 1.29 is 4.57 Å². The van der Waals surface area contributed by atoms with Crippen molar-refractivity contribution in [3.8, 4) is 56.4 Å². The van der Waals surface area contributed by atoms with Gasteiger partial charge in [-0.1, -0.05) is 177 Å². The van der Waals surface area contributed by atoms with E-state index in [1.807, 2.05) is 55.8 Å². The van der Waals surface area contributed by atoms with Gasteiger partial charge in [0.2, 0.25) is 0 Å². The summed E-state index contributed by atoms with van der Waals surface area (Å²) in [6, 6.07) is 55.2. The molecule has 1 heterocycles. The minimum atomic E-state index is -2.30. The van der Waals surface area contributed by atoms with Crippen molar-refractivity contribution in [1.29, 1.82) is 0 Å². The largest absolute Gasteiger partial charge is 0.319 e. The van der Waals surface area contributed by atoms with Crippen molar-refractivity contribution >= 4 is 12.4 Å². The highest BCUT2D eigenvalue weighted by Gasteiger charge is 2.36. The van der Waals surface area contributed by atoms with Crippen LogP contribution in [0.4, 0.5) is 0 Å². The fourth-order valence-corrected chi connectivity index (χ4v) is 8.60. The van der Waals surface area contributed by atoms with Crippen LogP contribution < -0.4 is 5.30 Å². The van der Waals surface area contributed by atoms with Crippen LogP contribution in [0.3, 0.4) is 0 Å². The van der Waals surface area contributed by atoms with E-state index in [1.165, 1.54) is 36.0 Å². The number of aromatic nitrogens is 3. The van der Waals surface area contributed by atoms with Gasteiger partial charge < -0.3 is 4.57 Å². The standard InChI is InChI=1S/C47H42N3OP/c1-52(2,51)41-29-25-34(26-30-41)38-19-14-20-40(33-38)47(31-12-5-13-32-47)39-27-23-37(24-28-39)45-48-44(36-17-8-4-9-18-36)49-46(50-45)43-22-11-10-21-42(43)35-15-6-3-7-16-35/h3-4,6-11,14-30,33H,5,12-13,31-32H2,1-2H3. The van der Waals surface area contributed by atoms with Gasteiger partial charge in [0.05, 0.1) is 0 Å². The van der Waals surface area contributed by atoms with E-state index < -0.39 is 7.14 Å². The van der Waals surface area contributed by atoms with Crippen LogP contribution in [0, 0.1) is 0 Å². The molecular weight excluding hydrogens is 654 g/mol. The predicted molar refractivity (Wildman–Crippen MR) is 216 cm³/mol. The lowest BCUT2D eigenvalue weighted by molar-refractivity contribution is 0.346. The fraction of sp³-hybridized carbons (Fsp3) is 0.170. The Hall–Kier alpha value is -5.44. The van der Waals surface area contributed by atoms with Crippen LogP contribution in [0.25, 0.3) is 56.4 Å². The monoisotopic (exact) mass is 695 g/mol. The molecule has 0 amide bonds. The summed E-state index contributed by atoms with van der Waals surface area (Å²) in [5.74, 6) is 1.97. The van der Waals surface area contributed by atoms with Crippen LogP contribution in [0.1, 0.15) is 43.2 Å². The molecule has 1 saturated carbocycles. The summed E-state index contributed by atoms with van der Waals surface area (Å²) in [7, 11) is -2.30. The zero-order chi connectivity index (χ0) is 35.5. The first-order chi connectivity index (χ1) is 25.4. The molecule has 1 fully saturated rings. The molecule has 0 bridgehead atoms. The van der Waals surface area contributed by atoms with Gasteiger partial charge in [-0.3, -0.25) is 0 Å². The van der Waals surface area contributed by atoms with Gasteiger partial charge in [0.15, 0.2) is 17.5 Å². The van der Waals surface area contributed by atoms with Gasteiger partial charge in [0.1, 0.15) is 7.14 Å². The smallest absolute Gasteiger partial charge is 0.164 e. The lowest BCUT2D eigenvalue weighted by Crippen LogP contribution is -2.30. The van der Waals surface area contributed by atoms with Crippen LogP contribution in [-0.4, -0.2) is 28.3 Å². The number of rotatable bonds is 8. The van der Waals surface area contributed by atoms with E-state index in [-0.39, 0.29) is 5.41 Å². The molecule has 4 nitrogen and oxygen atoms in total. The zero-order valence-corrected chi connectivity index (χ0v) is 30.6. The first kappa shape index (κ1) is 33.7. The van der Waals surface area contributed by atoms with Gasteiger partial charge in [0.25, 0.3) is 0 Å². The van der Waals surface area contributed by atoms with Gasteiger partial charge >= 0.3 is 0 Å². The summed E-state index contributed by atoms with van der Waals surface area (Å²) in [5, 5.41) is 0.915. The van der Waals surface area contributed by atoms with Gasteiger partial charge in [0, 0.05) is 27.4 Å². The first-order valence-corrected chi connectivity index (χ1v) is 20.8. The minimum absolute atomic E-state index is 0.0800. The lowest BCUT2D eigenvalue weighted by atomic mass is 9.65. The van der Waals surface area contributed by atoms with Crippen molar-refractivity contribution in [1.82, 2.24) is 15.0 Å². The van der Waals surface area contributed by atoms with Crippen LogP contribution in [0.5, 0.6) is 0 Å². The molecule has 8 rings (SSSR count). The quantitative estimate of drug-likeness (QED) is 0.149. The second kappa shape index (κ2) is 14.3. The molecule has 0 atom stereocenters. The summed E-state index contributed by atoms with van der Waals surface area (Å²) >= 11 is 0. The topological polar surface area (TPSA) is 55.7 Å². The highest BCUT2D eigenvalue weighted by atomic mass is 31.2. The normalized spacial score (nSPS) is 14.2. The summed E-state index contributed by atoms with van der Waals surface area (Å²) in [5.41, 5.74) is 10.0. The summed E-state index contributed by atoms with van der Waals surface area (Å²) in [6.45, 7) is 3.65. The van der Waals surface area contributed by atoms with E-state index in [0.29, 0.717) is 17.5 Å².